The molecule has 0 saturated carbocycles. The minimum Gasteiger partial charge on any atom is -0.408 e. The smallest absolute Gasteiger partial charge is 0.408 e. The number of carbonyl (C=O) groups excluding carboxylic acids is 1. The summed E-state index contributed by atoms with van der Waals surface area (Å²) in [5.74, 6) is -0.415. The molecule has 0 radical (unpaired) electrons. The number of carbonyl (C=O) groups is 1. The summed E-state index contributed by atoms with van der Waals surface area (Å²) in [6.07, 6.45) is 2.21. The van der Waals surface area contributed by atoms with Crippen molar-refractivity contribution >= 4 is 44.5 Å². The van der Waals surface area contributed by atoms with Crippen LogP contribution in [0, 0.1) is 13.8 Å². The second-order valence-corrected chi connectivity index (χ2v) is 9.95. The maximum Gasteiger partial charge on any atom is 0.419 e. The van der Waals surface area contributed by atoms with E-state index in [2.05, 4.69) is 10.0 Å². The molecular weight excluding hydrogens is 438 g/mol. The number of rotatable bonds is 8. The van der Waals surface area contributed by atoms with Crippen molar-refractivity contribution in [2.24, 2.45) is 7.05 Å². The van der Waals surface area contributed by atoms with Crippen LogP contribution in [0.15, 0.2) is 50.5 Å². The van der Waals surface area contributed by atoms with E-state index in [4.69, 9.17) is 4.42 Å². The number of nitrogens with zero attached hydrogens (tertiary/aromatic N) is 1. The summed E-state index contributed by atoms with van der Waals surface area (Å²) in [5.41, 5.74) is 3.24. The highest BCUT2D eigenvalue weighted by Gasteiger charge is 2.26. The van der Waals surface area contributed by atoms with E-state index in [9.17, 15) is 18.0 Å². The molecule has 0 spiro atoms. The first-order valence-corrected chi connectivity index (χ1v) is 12.5. The van der Waals surface area contributed by atoms with Gasteiger partial charge in [-0.05, 0) is 61.6 Å². The van der Waals surface area contributed by atoms with Crippen molar-refractivity contribution in [3.8, 4) is 0 Å². The Balaban J connectivity index is 1.87. The van der Waals surface area contributed by atoms with Crippen molar-refractivity contribution in [1.29, 1.82) is 0 Å². The minimum atomic E-state index is -4.03. The van der Waals surface area contributed by atoms with E-state index in [1.165, 1.54) is 41.6 Å². The Hall–Kier alpha value is -2.56. The number of nitrogens with one attached hydrogen (secondary N) is 2. The number of anilines is 1. The lowest BCUT2D eigenvalue weighted by molar-refractivity contribution is -0.117. The van der Waals surface area contributed by atoms with Crippen LogP contribution in [-0.2, 0) is 21.9 Å². The molecule has 2 aromatic carbocycles. The Kier molecular flexibility index (Phi) is 6.93. The number of fused-ring (bicyclic) bond motifs is 1. The number of sulfonamides is 1. The molecule has 3 rings (SSSR count). The van der Waals surface area contributed by atoms with E-state index in [1.807, 2.05) is 32.2 Å². The van der Waals surface area contributed by atoms with Crippen LogP contribution < -0.4 is 15.8 Å². The van der Waals surface area contributed by atoms with Gasteiger partial charge in [0, 0.05) is 18.8 Å². The van der Waals surface area contributed by atoms with Crippen LogP contribution >= 0.6 is 11.8 Å². The standard InChI is InChI=1S/C21H25N3O5S2/c1-13-6-5-7-16(14(13)2)22-20(25)17(10-11-30-4)23-31(27,28)15-8-9-18-19(12-15)29-21(26)24(18)3/h5-9,12,17,23H,10-11H2,1-4H3,(H,22,25)/t17-/m0/s1. The average molecular weight is 464 g/mol. The molecule has 1 aromatic heterocycles. The molecule has 1 atom stereocenters. The number of hydrogen-bond acceptors (Lipinski definition) is 6. The summed E-state index contributed by atoms with van der Waals surface area (Å²) < 4.78 is 34.9. The largest absolute Gasteiger partial charge is 0.419 e. The maximum atomic E-state index is 13.0. The van der Waals surface area contributed by atoms with Crippen molar-refractivity contribution in [3.63, 3.8) is 0 Å². The third-order valence-corrected chi connectivity index (χ3v) is 7.27. The fraction of sp³-hybridized carbons (Fsp3) is 0.333. The summed E-state index contributed by atoms with van der Waals surface area (Å²) in [5, 5.41) is 2.84. The average Bonchev–Trinajstić information content (AvgIpc) is 3.01. The SMILES string of the molecule is CSCC[C@H](NS(=O)(=O)c1ccc2c(c1)oc(=O)n2C)C(=O)Nc1cccc(C)c1C. The van der Waals surface area contributed by atoms with Gasteiger partial charge in [-0.2, -0.15) is 16.5 Å². The molecule has 1 heterocycles. The first-order chi connectivity index (χ1) is 14.6. The Morgan fingerprint density at radius 1 is 1.23 bits per heavy atom. The number of oxazole rings is 1. The zero-order valence-electron chi connectivity index (χ0n) is 17.8. The summed E-state index contributed by atoms with van der Waals surface area (Å²) in [7, 11) is -2.49. The summed E-state index contributed by atoms with van der Waals surface area (Å²) in [6.45, 7) is 3.84. The molecule has 1 amide bonds. The van der Waals surface area contributed by atoms with Crippen molar-refractivity contribution in [2.45, 2.75) is 31.2 Å². The highest BCUT2D eigenvalue weighted by Crippen LogP contribution is 2.21. The van der Waals surface area contributed by atoms with Crippen molar-refractivity contribution in [3.05, 3.63) is 58.1 Å². The molecule has 166 valence electrons. The fourth-order valence-corrected chi connectivity index (χ4v) is 4.84. The van der Waals surface area contributed by atoms with E-state index < -0.39 is 27.7 Å². The van der Waals surface area contributed by atoms with Crippen LogP contribution in [0.2, 0.25) is 0 Å². The number of amides is 1. The maximum absolute atomic E-state index is 13.0. The van der Waals surface area contributed by atoms with Crippen molar-refractivity contribution in [1.82, 2.24) is 9.29 Å². The number of hydrogen-bond donors (Lipinski definition) is 2. The van der Waals surface area contributed by atoms with E-state index in [-0.39, 0.29) is 10.5 Å². The molecule has 0 fully saturated rings. The number of thioether (sulfide) groups is 1. The molecule has 8 nitrogen and oxygen atoms in total. The van der Waals surface area contributed by atoms with Gasteiger partial charge in [0.1, 0.15) is 6.04 Å². The molecule has 0 aliphatic rings. The van der Waals surface area contributed by atoms with E-state index in [0.717, 1.165) is 11.1 Å². The van der Waals surface area contributed by atoms with Gasteiger partial charge in [-0.15, -0.1) is 0 Å². The quantitative estimate of drug-likeness (QED) is 0.532. The predicted octanol–water partition coefficient (Wildman–Crippen LogP) is 2.79. The first kappa shape index (κ1) is 23.1. The summed E-state index contributed by atoms with van der Waals surface area (Å²) >= 11 is 1.52. The third-order valence-electron chi connectivity index (χ3n) is 5.16. The van der Waals surface area contributed by atoms with Gasteiger partial charge in [-0.25, -0.2) is 13.2 Å². The molecule has 0 saturated heterocycles. The topological polar surface area (TPSA) is 110 Å². The van der Waals surface area contributed by atoms with Crippen LogP contribution in [0.4, 0.5) is 5.69 Å². The molecule has 31 heavy (non-hydrogen) atoms. The molecule has 0 unspecified atom stereocenters. The molecule has 3 aromatic rings. The summed E-state index contributed by atoms with van der Waals surface area (Å²) in [6, 6.07) is 8.77. The lowest BCUT2D eigenvalue weighted by Gasteiger charge is -2.19. The zero-order valence-corrected chi connectivity index (χ0v) is 19.4. The summed E-state index contributed by atoms with van der Waals surface area (Å²) in [4.78, 5) is 24.5. The van der Waals surface area contributed by atoms with Gasteiger partial charge in [0.15, 0.2) is 5.58 Å². The lowest BCUT2D eigenvalue weighted by atomic mass is 10.1. The molecule has 0 bridgehead atoms. The van der Waals surface area contributed by atoms with Crippen molar-refractivity contribution < 1.29 is 17.6 Å². The zero-order chi connectivity index (χ0) is 22.8. The number of aromatic nitrogens is 1. The van der Waals surface area contributed by atoms with Crippen LogP contribution in [0.25, 0.3) is 11.1 Å². The Bertz CT molecular complexity index is 1280. The van der Waals surface area contributed by atoms with Gasteiger partial charge < -0.3 is 9.73 Å². The highest BCUT2D eigenvalue weighted by atomic mass is 32.2. The number of benzene rings is 2. The van der Waals surface area contributed by atoms with E-state index >= 15 is 0 Å². The normalized spacial score (nSPS) is 12.8. The van der Waals surface area contributed by atoms with Gasteiger partial charge in [0.25, 0.3) is 0 Å². The second-order valence-electron chi connectivity index (χ2n) is 7.25. The van der Waals surface area contributed by atoms with Crippen LogP contribution in [-0.4, -0.2) is 36.9 Å². The highest BCUT2D eigenvalue weighted by molar-refractivity contribution is 7.98. The first-order valence-electron chi connectivity index (χ1n) is 9.62. The minimum absolute atomic E-state index is 0.0805. The van der Waals surface area contributed by atoms with E-state index in [1.54, 1.807) is 6.07 Å². The molecule has 10 heteroatoms. The predicted molar refractivity (Wildman–Crippen MR) is 123 cm³/mol. The Labute approximate surface area is 185 Å². The van der Waals surface area contributed by atoms with Crippen molar-refractivity contribution in [2.75, 3.05) is 17.3 Å². The number of aryl methyl sites for hydroxylation is 2. The Morgan fingerprint density at radius 3 is 2.68 bits per heavy atom. The second kappa shape index (κ2) is 9.29. The molecule has 2 N–H and O–H groups in total. The van der Waals surface area contributed by atoms with Gasteiger partial charge in [-0.1, -0.05) is 12.1 Å². The van der Waals surface area contributed by atoms with Gasteiger partial charge >= 0.3 is 5.76 Å². The van der Waals surface area contributed by atoms with E-state index in [0.29, 0.717) is 23.4 Å². The van der Waals surface area contributed by atoms with Gasteiger partial charge in [-0.3, -0.25) is 9.36 Å². The van der Waals surface area contributed by atoms with Gasteiger partial charge in [0.05, 0.1) is 10.4 Å². The molecule has 0 aliphatic heterocycles. The van der Waals surface area contributed by atoms with Crippen LogP contribution in [0.3, 0.4) is 0 Å². The Morgan fingerprint density at radius 2 is 1.97 bits per heavy atom. The fourth-order valence-electron chi connectivity index (χ4n) is 3.12. The lowest BCUT2D eigenvalue weighted by Crippen LogP contribution is -2.44. The third kappa shape index (κ3) is 5.03. The molecular formula is C21H25N3O5S2. The van der Waals surface area contributed by atoms with Crippen LogP contribution in [0.1, 0.15) is 17.5 Å². The molecule has 0 aliphatic carbocycles. The van der Waals surface area contributed by atoms with Crippen LogP contribution in [0.5, 0.6) is 0 Å². The monoisotopic (exact) mass is 463 g/mol. The van der Waals surface area contributed by atoms with Gasteiger partial charge in [0.2, 0.25) is 15.9 Å².